The fourth-order valence-corrected chi connectivity index (χ4v) is 6.10. The number of amides is 1. The lowest BCUT2D eigenvalue weighted by Gasteiger charge is -2.21. The van der Waals surface area contributed by atoms with Crippen LogP contribution in [-0.2, 0) is 26.0 Å². The molecule has 2 aliphatic rings. The summed E-state index contributed by atoms with van der Waals surface area (Å²) in [5, 5.41) is 0. The zero-order valence-corrected chi connectivity index (χ0v) is 18.7. The van der Waals surface area contributed by atoms with Crippen molar-refractivity contribution in [1.29, 1.82) is 0 Å². The van der Waals surface area contributed by atoms with Crippen molar-refractivity contribution in [2.75, 3.05) is 22.8 Å². The Kier molecular flexibility index (Phi) is 5.36. The van der Waals surface area contributed by atoms with Crippen LogP contribution in [0, 0.1) is 27.7 Å². The number of hydrogen-bond donors (Lipinski definition) is 1. The Morgan fingerprint density at radius 2 is 1.80 bits per heavy atom. The van der Waals surface area contributed by atoms with E-state index in [4.69, 9.17) is 4.74 Å². The monoisotopic (exact) mass is 428 g/mol. The third kappa shape index (κ3) is 3.61. The minimum Gasteiger partial charge on any atom is -0.368 e. The normalized spacial score (nSPS) is 18.5. The number of hydrogen-bond acceptors (Lipinski definition) is 4. The standard InChI is InChI=1S/C23H28N2O4S/c1-14-12-15(2)17(4)22(16(14)3)30(27,28)24-19-7-8-20-18(13-19)9-10-25(20)23(26)21-6-5-11-29-21/h7-8,12-13,21,24H,5-6,9-11H2,1-4H3. The first-order valence-corrected chi connectivity index (χ1v) is 11.8. The van der Waals surface area contributed by atoms with Crippen molar-refractivity contribution in [1.82, 2.24) is 0 Å². The second kappa shape index (κ2) is 7.71. The third-order valence-electron chi connectivity index (χ3n) is 6.26. The number of carbonyl (C=O) groups is 1. The summed E-state index contributed by atoms with van der Waals surface area (Å²) in [7, 11) is -3.73. The van der Waals surface area contributed by atoms with E-state index < -0.39 is 10.0 Å². The van der Waals surface area contributed by atoms with E-state index in [1.807, 2.05) is 45.9 Å². The minimum absolute atomic E-state index is 0.000987. The Balaban J connectivity index is 1.61. The number of sulfonamides is 1. The van der Waals surface area contributed by atoms with Crippen molar-refractivity contribution in [3.63, 3.8) is 0 Å². The van der Waals surface area contributed by atoms with Gasteiger partial charge in [0.15, 0.2) is 0 Å². The molecule has 0 aromatic heterocycles. The van der Waals surface area contributed by atoms with Crippen LogP contribution in [0.3, 0.4) is 0 Å². The van der Waals surface area contributed by atoms with Gasteiger partial charge in [0.1, 0.15) is 6.10 Å². The smallest absolute Gasteiger partial charge is 0.262 e. The van der Waals surface area contributed by atoms with Crippen molar-refractivity contribution >= 4 is 27.3 Å². The van der Waals surface area contributed by atoms with E-state index in [2.05, 4.69) is 4.72 Å². The highest BCUT2D eigenvalue weighted by molar-refractivity contribution is 7.92. The van der Waals surface area contributed by atoms with Gasteiger partial charge in [-0.05, 0) is 93.0 Å². The topological polar surface area (TPSA) is 75.7 Å². The van der Waals surface area contributed by atoms with Crippen LogP contribution < -0.4 is 9.62 Å². The van der Waals surface area contributed by atoms with E-state index in [0.717, 1.165) is 46.3 Å². The summed E-state index contributed by atoms with van der Waals surface area (Å²) in [6.45, 7) is 8.77. The molecule has 0 spiro atoms. The lowest BCUT2D eigenvalue weighted by molar-refractivity contribution is -0.127. The lowest BCUT2D eigenvalue weighted by Crippen LogP contribution is -2.37. The van der Waals surface area contributed by atoms with E-state index in [9.17, 15) is 13.2 Å². The van der Waals surface area contributed by atoms with Crippen LogP contribution in [0.25, 0.3) is 0 Å². The van der Waals surface area contributed by atoms with Crippen molar-refractivity contribution in [2.45, 2.75) is 58.0 Å². The first-order valence-electron chi connectivity index (χ1n) is 10.3. The average molecular weight is 429 g/mol. The summed E-state index contributed by atoms with van der Waals surface area (Å²) in [5.41, 5.74) is 5.76. The predicted octanol–water partition coefficient (Wildman–Crippen LogP) is 3.79. The molecule has 1 atom stereocenters. The number of nitrogens with zero attached hydrogens (tertiary/aromatic N) is 1. The van der Waals surface area contributed by atoms with Gasteiger partial charge < -0.3 is 9.64 Å². The van der Waals surface area contributed by atoms with Gasteiger partial charge in [0.2, 0.25) is 0 Å². The Morgan fingerprint density at radius 1 is 1.10 bits per heavy atom. The molecule has 2 aromatic carbocycles. The first-order chi connectivity index (χ1) is 14.2. The highest BCUT2D eigenvalue weighted by Gasteiger charge is 2.33. The largest absolute Gasteiger partial charge is 0.368 e. The summed E-state index contributed by atoms with van der Waals surface area (Å²) in [5.74, 6) is 0.000987. The molecule has 6 nitrogen and oxygen atoms in total. The molecule has 1 amide bonds. The number of fused-ring (bicyclic) bond motifs is 1. The predicted molar refractivity (Wildman–Crippen MR) is 118 cm³/mol. The number of anilines is 2. The summed E-state index contributed by atoms with van der Waals surface area (Å²) < 4.78 is 34.7. The maximum absolute atomic E-state index is 13.2. The minimum atomic E-state index is -3.73. The van der Waals surface area contributed by atoms with Crippen molar-refractivity contribution in [2.24, 2.45) is 0 Å². The second-order valence-corrected chi connectivity index (χ2v) is 9.90. The van der Waals surface area contributed by atoms with Crippen LogP contribution in [0.1, 0.15) is 40.7 Å². The summed E-state index contributed by atoms with van der Waals surface area (Å²) in [6, 6.07) is 7.40. The van der Waals surface area contributed by atoms with E-state index in [1.165, 1.54) is 0 Å². The van der Waals surface area contributed by atoms with Gasteiger partial charge in [-0.3, -0.25) is 9.52 Å². The number of rotatable bonds is 4. The second-order valence-electron chi connectivity index (χ2n) is 8.28. The fraction of sp³-hybridized carbons (Fsp3) is 0.435. The number of aryl methyl sites for hydroxylation is 2. The van der Waals surface area contributed by atoms with Gasteiger partial charge in [0.05, 0.1) is 4.90 Å². The van der Waals surface area contributed by atoms with E-state index in [0.29, 0.717) is 30.2 Å². The highest BCUT2D eigenvalue weighted by atomic mass is 32.2. The average Bonchev–Trinajstić information content (AvgIpc) is 3.35. The van der Waals surface area contributed by atoms with Gasteiger partial charge in [-0.25, -0.2) is 8.42 Å². The number of carbonyl (C=O) groups excluding carboxylic acids is 1. The lowest BCUT2D eigenvalue weighted by atomic mass is 10.0. The van der Waals surface area contributed by atoms with Gasteiger partial charge in [0, 0.05) is 24.5 Å². The molecular formula is C23H28N2O4S. The van der Waals surface area contributed by atoms with Crippen LogP contribution in [0.4, 0.5) is 11.4 Å². The summed E-state index contributed by atoms with van der Waals surface area (Å²) >= 11 is 0. The van der Waals surface area contributed by atoms with Crippen molar-refractivity contribution in [3.8, 4) is 0 Å². The van der Waals surface area contributed by atoms with Crippen molar-refractivity contribution in [3.05, 3.63) is 52.1 Å². The van der Waals surface area contributed by atoms with E-state index >= 15 is 0 Å². The number of ether oxygens (including phenoxy) is 1. The zero-order valence-electron chi connectivity index (χ0n) is 17.9. The number of nitrogens with one attached hydrogen (secondary N) is 1. The van der Waals surface area contributed by atoms with Crippen LogP contribution >= 0.6 is 0 Å². The molecule has 160 valence electrons. The first kappa shape index (κ1) is 20.9. The summed E-state index contributed by atoms with van der Waals surface area (Å²) in [6.07, 6.45) is 2.02. The molecule has 2 heterocycles. The SMILES string of the molecule is Cc1cc(C)c(C)c(S(=O)(=O)Nc2ccc3c(c2)CCN3C(=O)C2CCCO2)c1C. The molecule has 2 aliphatic heterocycles. The van der Waals surface area contributed by atoms with Crippen LogP contribution in [0.5, 0.6) is 0 Å². The highest BCUT2D eigenvalue weighted by Crippen LogP contribution is 2.34. The van der Waals surface area contributed by atoms with Gasteiger partial charge in [0.25, 0.3) is 15.9 Å². The van der Waals surface area contributed by atoms with E-state index in [1.54, 1.807) is 11.0 Å². The zero-order chi connectivity index (χ0) is 21.6. The molecule has 1 fully saturated rings. The molecule has 1 saturated heterocycles. The molecule has 0 radical (unpaired) electrons. The van der Waals surface area contributed by atoms with Gasteiger partial charge in [-0.1, -0.05) is 6.07 Å². The number of benzene rings is 2. The maximum Gasteiger partial charge on any atom is 0.262 e. The van der Waals surface area contributed by atoms with Crippen LogP contribution in [0.15, 0.2) is 29.2 Å². The molecule has 0 bridgehead atoms. The Labute approximate surface area is 178 Å². The quantitative estimate of drug-likeness (QED) is 0.804. The molecule has 30 heavy (non-hydrogen) atoms. The maximum atomic E-state index is 13.2. The third-order valence-corrected chi connectivity index (χ3v) is 7.92. The Morgan fingerprint density at radius 3 is 2.43 bits per heavy atom. The van der Waals surface area contributed by atoms with Gasteiger partial charge in [-0.2, -0.15) is 0 Å². The van der Waals surface area contributed by atoms with Crippen LogP contribution in [0.2, 0.25) is 0 Å². The Hall–Kier alpha value is -2.38. The molecule has 1 N–H and O–H groups in total. The van der Waals surface area contributed by atoms with Crippen LogP contribution in [-0.4, -0.2) is 33.6 Å². The van der Waals surface area contributed by atoms with E-state index in [-0.39, 0.29) is 12.0 Å². The van der Waals surface area contributed by atoms with Crippen molar-refractivity contribution < 1.29 is 17.9 Å². The summed E-state index contributed by atoms with van der Waals surface area (Å²) in [4.78, 5) is 14.8. The Bertz CT molecular complexity index is 1090. The van der Waals surface area contributed by atoms with Gasteiger partial charge in [-0.15, -0.1) is 0 Å². The molecule has 0 aliphatic carbocycles. The molecule has 1 unspecified atom stereocenters. The fourth-order valence-electron chi connectivity index (χ4n) is 4.43. The molecule has 2 aromatic rings. The molecule has 4 rings (SSSR count). The molecule has 0 saturated carbocycles. The molecular weight excluding hydrogens is 400 g/mol. The van der Waals surface area contributed by atoms with Gasteiger partial charge >= 0.3 is 0 Å². The molecule has 7 heteroatoms.